The molecule has 0 aliphatic carbocycles. The maximum absolute atomic E-state index is 13.0. The molecule has 2 amide bonds. The fraction of sp³-hybridized carbons (Fsp3) is 0.417. The zero-order valence-electron chi connectivity index (χ0n) is 17.9. The quantitative estimate of drug-likeness (QED) is 0.699. The van der Waals surface area contributed by atoms with Gasteiger partial charge in [0.1, 0.15) is 5.82 Å². The highest BCUT2D eigenvalue weighted by Crippen LogP contribution is 2.32. The molecule has 0 aromatic heterocycles. The van der Waals surface area contributed by atoms with Gasteiger partial charge in [-0.3, -0.25) is 14.5 Å². The molecule has 0 saturated carbocycles. The molecule has 2 aliphatic heterocycles. The molecule has 0 radical (unpaired) electrons. The fourth-order valence-electron chi connectivity index (χ4n) is 4.44. The number of hydrogen-bond acceptors (Lipinski definition) is 4. The largest absolute Gasteiger partial charge is 0.374 e. The molecule has 2 aromatic carbocycles. The fourth-order valence-corrected chi connectivity index (χ4v) is 4.44. The molecule has 164 valence electrons. The van der Waals surface area contributed by atoms with Gasteiger partial charge in [-0.1, -0.05) is 24.3 Å². The van der Waals surface area contributed by atoms with Crippen LogP contribution in [0, 0.1) is 5.82 Å². The average molecular weight is 425 g/mol. The Bertz CT molecular complexity index is 941. The molecule has 0 bridgehead atoms. The van der Waals surface area contributed by atoms with E-state index in [9.17, 15) is 14.0 Å². The molecule has 6 nitrogen and oxygen atoms in total. The van der Waals surface area contributed by atoms with Crippen molar-refractivity contribution >= 4 is 17.5 Å². The minimum Gasteiger partial charge on any atom is -0.374 e. The van der Waals surface area contributed by atoms with Gasteiger partial charge in [0.05, 0.1) is 6.04 Å². The molecule has 1 unspecified atom stereocenters. The summed E-state index contributed by atoms with van der Waals surface area (Å²) < 4.78 is 13.0. The van der Waals surface area contributed by atoms with Gasteiger partial charge in [-0.25, -0.2) is 4.39 Å². The molecule has 2 heterocycles. The van der Waals surface area contributed by atoms with E-state index < -0.39 is 11.8 Å². The van der Waals surface area contributed by atoms with Gasteiger partial charge in [0.15, 0.2) is 0 Å². The first kappa shape index (κ1) is 21.3. The summed E-state index contributed by atoms with van der Waals surface area (Å²) in [5.74, 6) is -1.66. The van der Waals surface area contributed by atoms with Gasteiger partial charge in [-0.05, 0) is 67.2 Å². The van der Waals surface area contributed by atoms with Crippen LogP contribution in [0.3, 0.4) is 0 Å². The van der Waals surface area contributed by atoms with Crippen molar-refractivity contribution in [3.8, 4) is 0 Å². The van der Waals surface area contributed by atoms with E-state index in [-0.39, 0.29) is 18.4 Å². The number of carbonyl (C=O) groups excluding carboxylic acids is 2. The lowest BCUT2D eigenvalue weighted by Gasteiger charge is -2.28. The number of carbonyl (C=O) groups is 2. The van der Waals surface area contributed by atoms with Gasteiger partial charge in [0.25, 0.3) is 0 Å². The number of fused-ring (bicyclic) bond motifs is 1. The molecular weight excluding hydrogens is 395 g/mol. The van der Waals surface area contributed by atoms with Crippen LogP contribution in [0.2, 0.25) is 0 Å². The van der Waals surface area contributed by atoms with Crippen LogP contribution in [0.15, 0.2) is 42.5 Å². The highest BCUT2D eigenvalue weighted by atomic mass is 19.1. The van der Waals surface area contributed by atoms with Gasteiger partial charge in [-0.2, -0.15) is 0 Å². The third-order valence-corrected chi connectivity index (χ3v) is 6.23. The second-order valence-electron chi connectivity index (χ2n) is 8.34. The van der Waals surface area contributed by atoms with Crippen LogP contribution in [0.4, 0.5) is 10.1 Å². The normalized spacial score (nSPS) is 16.8. The Kier molecular flexibility index (Phi) is 6.51. The molecule has 4 rings (SSSR count). The van der Waals surface area contributed by atoms with Gasteiger partial charge >= 0.3 is 11.8 Å². The molecule has 2 aromatic rings. The van der Waals surface area contributed by atoms with Crippen molar-refractivity contribution in [2.75, 3.05) is 38.1 Å². The summed E-state index contributed by atoms with van der Waals surface area (Å²) in [5.41, 5.74) is 4.53. The Labute approximate surface area is 182 Å². The molecule has 1 fully saturated rings. The SMILES string of the molecule is CN1CCc2cc(C(CNC(=O)C(=O)NCc3ccc(F)cc3)N3CCCC3)ccc21. The third-order valence-electron chi connectivity index (χ3n) is 6.23. The first-order chi connectivity index (χ1) is 15.0. The summed E-state index contributed by atoms with van der Waals surface area (Å²) in [6.45, 7) is 3.58. The number of likely N-dealkylation sites (N-methyl/N-ethyl adjacent to an activating group) is 1. The standard InChI is InChI=1S/C24H29FN4O2/c1-28-13-10-19-14-18(6-9-21(19)28)22(29-11-2-3-12-29)16-27-24(31)23(30)26-15-17-4-7-20(25)8-5-17/h4-9,14,22H,2-3,10-13,15-16H2,1H3,(H,26,30)(H,27,31). The number of nitrogens with zero attached hydrogens (tertiary/aromatic N) is 2. The van der Waals surface area contributed by atoms with Crippen LogP contribution < -0.4 is 15.5 Å². The van der Waals surface area contributed by atoms with Crippen molar-refractivity contribution in [1.82, 2.24) is 15.5 Å². The predicted octanol–water partition coefficient (Wildman–Crippen LogP) is 2.39. The van der Waals surface area contributed by atoms with Crippen molar-refractivity contribution in [1.29, 1.82) is 0 Å². The first-order valence-electron chi connectivity index (χ1n) is 10.9. The number of anilines is 1. The number of hydrogen-bond donors (Lipinski definition) is 2. The van der Waals surface area contributed by atoms with E-state index in [1.54, 1.807) is 12.1 Å². The van der Waals surface area contributed by atoms with Crippen LogP contribution in [0.1, 0.15) is 35.6 Å². The number of halogens is 1. The maximum Gasteiger partial charge on any atom is 0.309 e. The second kappa shape index (κ2) is 9.47. The molecule has 1 saturated heterocycles. The summed E-state index contributed by atoms with van der Waals surface area (Å²) in [6.07, 6.45) is 3.33. The Morgan fingerprint density at radius 3 is 2.45 bits per heavy atom. The van der Waals surface area contributed by atoms with Crippen LogP contribution in [0.5, 0.6) is 0 Å². The number of amides is 2. The van der Waals surface area contributed by atoms with Crippen LogP contribution in [0.25, 0.3) is 0 Å². The van der Waals surface area contributed by atoms with E-state index in [0.29, 0.717) is 6.54 Å². The molecular formula is C24H29FN4O2. The molecule has 0 spiro atoms. The van der Waals surface area contributed by atoms with Crippen molar-refractivity contribution in [3.05, 3.63) is 65.0 Å². The smallest absolute Gasteiger partial charge is 0.309 e. The van der Waals surface area contributed by atoms with Crippen LogP contribution in [-0.2, 0) is 22.6 Å². The summed E-state index contributed by atoms with van der Waals surface area (Å²) in [7, 11) is 2.11. The number of likely N-dealkylation sites (tertiary alicyclic amines) is 1. The molecule has 2 aliphatic rings. The maximum atomic E-state index is 13.0. The summed E-state index contributed by atoms with van der Waals surface area (Å²) in [5, 5.41) is 5.41. The second-order valence-corrected chi connectivity index (χ2v) is 8.34. The Morgan fingerprint density at radius 1 is 1.00 bits per heavy atom. The van der Waals surface area contributed by atoms with Crippen molar-refractivity contribution in [3.63, 3.8) is 0 Å². The van der Waals surface area contributed by atoms with Crippen molar-refractivity contribution in [2.45, 2.75) is 31.8 Å². The van der Waals surface area contributed by atoms with Crippen molar-refractivity contribution < 1.29 is 14.0 Å². The Hall–Kier alpha value is -2.93. The minimum atomic E-state index is -0.680. The van der Waals surface area contributed by atoms with Gasteiger partial charge in [0.2, 0.25) is 0 Å². The van der Waals surface area contributed by atoms with E-state index in [2.05, 4.69) is 45.7 Å². The van der Waals surface area contributed by atoms with Crippen LogP contribution >= 0.6 is 0 Å². The zero-order chi connectivity index (χ0) is 21.8. The van der Waals surface area contributed by atoms with Gasteiger partial charge < -0.3 is 15.5 Å². The van der Waals surface area contributed by atoms with E-state index >= 15 is 0 Å². The topological polar surface area (TPSA) is 64.7 Å². The number of rotatable bonds is 6. The lowest BCUT2D eigenvalue weighted by atomic mass is 10.0. The Balaban J connectivity index is 1.37. The predicted molar refractivity (Wildman–Crippen MR) is 118 cm³/mol. The lowest BCUT2D eigenvalue weighted by Crippen LogP contribution is -2.43. The summed E-state index contributed by atoms with van der Waals surface area (Å²) in [6, 6.07) is 12.4. The molecule has 7 heteroatoms. The third kappa shape index (κ3) is 5.05. The summed E-state index contributed by atoms with van der Waals surface area (Å²) in [4.78, 5) is 29.3. The highest BCUT2D eigenvalue weighted by molar-refractivity contribution is 6.35. The van der Waals surface area contributed by atoms with E-state index in [1.165, 1.54) is 28.9 Å². The minimum absolute atomic E-state index is 0.0487. The zero-order valence-corrected chi connectivity index (χ0v) is 17.9. The molecule has 2 N–H and O–H groups in total. The average Bonchev–Trinajstić information content (AvgIpc) is 3.43. The van der Waals surface area contributed by atoms with Gasteiger partial charge in [-0.15, -0.1) is 0 Å². The lowest BCUT2D eigenvalue weighted by molar-refractivity contribution is -0.139. The number of nitrogens with one attached hydrogen (secondary N) is 2. The summed E-state index contributed by atoms with van der Waals surface area (Å²) >= 11 is 0. The number of benzene rings is 2. The van der Waals surface area contributed by atoms with E-state index in [0.717, 1.165) is 44.5 Å². The van der Waals surface area contributed by atoms with Crippen molar-refractivity contribution in [2.24, 2.45) is 0 Å². The molecule has 1 atom stereocenters. The van der Waals surface area contributed by atoms with Gasteiger partial charge in [0, 0.05) is 32.4 Å². The van der Waals surface area contributed by atoms with E-state index in [4.69, 9.17) is 0 Å². The first-order valence-corrected chi connectivity index (χ1v) is 10.9. The molecule has 31 heavy (non-hydrogen) atoms. The highest BCUT2D eigenvalue weighted by Gasteiger charge is 2.26. The Morgan fingerprint density at radius 2 is 1.71 bits per heavy atom. The van der Waals surface area contributed by atoms with Crippen LogP contribution in [-0.4, -0.2) is 49.9 Å². The monoisotopic (exact) mass is 424 g/mol. The van der Waals surface area contributed by atoms with E-state index in [1.807, 2.05) is 0 Å².